The molecule has 0 spiro atoms. The number of fused-ring (bicyclic) bond motifs is 1. The Morgan fingerprint density at radius 2 is 1.97 bits per heavy atom. The van der Waals surface area contributed by atoms with Crippen molar-refractivity contribution in [1.29, 1.82) is 0 Å². The van der Waals surface area contributed by atoms with E-state index in [1.807, 2.05) is 24.9 Å². The quantitative estimate of drug-likeness (QED) is 0.637. The summed E-state index contributed by atoms with van der Waals surface area (Å²) in [6.07, 6.45) is 9.49. The molecule has 4 rings (SSSR count). The third-order valence-electron chi connectivity index (χ3n) is 7.03. The molecule has 1 aromatic rings. The largest absolute Gasteiger partial charge is 0.394 e. The standard InChI is InChI=1S/C22H35N5O3.H2S/c1-22(2)17-12-23-20(24-16-8-10-30-11-9-16)25-18(17)13-27(22)21(29)26-19(14-28)15-6-4-3-5-7-15;/h12,15-16,19,28H,3-11,13-14H2,1-2H3,(H,26,29)(H,23,24,25);1H2/t19-;/m1./s1. The third kappa shape index (κ3) is 5.26. The van der Waals surface area contributed by atoms with Gasteiger partial charge >= 0.3 is 6.03 Å². The van der Waals surface area contributed by atoms with Crippen molar-refractivity contribution in [1.82, 2.24) is 20.2 Å². The fourth-order valence-electron chi connectivity index (χ4n) is 5.05. The fraction of sp³-hybridized carbons (Fsp3) is 0.773. The average molecular weight is 452 g/mol. The van der Waals surface area contributed by atoms with E-state index in [9.17, 15) is 9.90 Å². The van der Waals surface area contributed by atoms with E-state index in [-0.39, 0.29) is 32.2 Å². The number of urea groups is 1. The minimum absolute atomic E-state index is 0. The summed E-state index contributed by atoms with van der Waals surface area (Å²) in [5.74, 6) is 0.977. The summed E-state index contributed by atoms with van der Waals surface area (Å²) >= 11 is 0. The molecule has 1 aromatic heterocycles. The molecular weight excluding hydrogens is 414 g/mol. The second-order valence-electron chi connectivity index (χ2n) is 9.37. The second-order valence-corrected chi connectivity index (χ2v) is 9.37. The maximum atomic E-state index is 13.2. The molecule has 174 valence electrons. The van der Waals surface area contributed by atoms with Crippen LogP contribution in [0, 0.1) is 5.92 Å². The Kier molecular flexibility index (Phi) is 8.04. The zero-order valence-electron chi connectivity index (χ0n) is 18.7. The van der Waals surface area contributed by atoms with E-state index in [1.54, 1.807) is 0 Å². The molecule has 0 unspecified atom stereocenters. The molecule has 3 N–H and O–H groups in total. The Labute approximate surface area is 192 Å². The van der Waals surface area contributed by atoms with Crippen molar-refractivity contribution in [2.75, 3.05) is 25.1 Å². The van der Waals surface area contributed by atoms with Gasteiger partial charge in [-0.2, -0.15) is 13.5 Å². The van der Waals surface area contributed by atoms with Crippen molar-refractivity contribution in [2.45, 2.75) is 83.0 Å². The van der Waals surface area contributed by atoms with Gasteiger partial charge in [0, 0.05) is 31.0 Å². The smallest absolute Gasteiger partial charge is 0.318 e. The molecule has 0 radical (unpaired) electrons. The highest BCUT2D eigenvalue weighted by atomic mass is 32.1. The van der Waals surface area contributed by atoms with Gasteiger partial charge in [-0.3, -0.25) is 0 Å². The van der Waals surface area contributed by atoms with Gasteiger partial charge in [0.25, 0.3) is 0 Å². The predicted molar refractivity (Wildman–Crippen MR) is 124 cm³/mol. The van der Waals surface area contributed by atoms with Crippen molar-refractivity contribution in [2.24, 2.45) is 5.92 Å². The topological polar surface area (TPSA) is 99.6 Å². The molecule has 1 aliphatic carbocycles. The number of anilines is 1. The van der Waals surface area contributed by atoms with E-state index in [2.05, 4.69) is 15.6 Å². The van der Waals surface area contributed by atoms with Crippen molar-refractivity contribution in [3.63, 3.8) is 0 Å². The first-order valence-electron chi connectivity index (χ1n) is 11.4. The maximum Gasteiger partial charge on any atom is 0.318 e. The first-order valence-corrected chi connectivity index (χ1v) is 11.4. The van der Waals surface area contributed by atoms with Gasteiger partial charge in [0.2, 0.25) is 5.95 Å². The summed E-state index contributed by atoms with van der Waals surface area (Å²) in [5.41, 5.74) is 1.37. The Bertz CT molecular complexity index is 751. The lowest BCUT2D eigenvalue weighted by molar-refractivity contribution is 0.0903. The molecule has 0 bridgehead atoms. The van der Waals surface area contributed by atoms with Crippen LogP contribution in [0.4, 0.5) is 10.7 Å². The number of carbonyl (C=O) groups excluding carboxylic acids is 1. The van der Waals surface area contributed by atoms with Crippen molar-refractivity contribution in [3.05, 3.63) is 17.5 Å². The number of ether oxygens (including phenoxy) is 1. The zero-order chi connectivity index (χ0) is 21.1. The van der Waals surface area contributed by atoms with Crippen LogP contribution >= 0.6 is 13.5 Å². The van der Waals surface area contributed by atoms with Crippen LogP contribution in [0.2, 0.25) is 0 Å². The van der Waals surface area contributed by atoms with E-state index < -0.39 is 5.54 Å². The Hall–Kier alpha value is -1.58. The summed E-state index contributed by atoms with van der Waals surface area (Å²) in [5, 5.41) is 16.4. The number of aromatic nitrogens is 2. The van der Waals surface area contributed by atoms with Crippen LogP contribution in [0.15, 0.2) is 6.20 Å². The number of nitrogens with zero attached hydrogens (tertiary/aromatic N) is 3. The van der Waals surface area contributed by atoms with E-state index in [0.717, 1.165) is 50.2 Å². The van der Waals surface area contributed by atoms with Gasteiger partial charge < -0.3 is 25.4 Å². The van der Waals surface area contributed by atoms with Crippen molar-refractivity contribution in [3.8, 4) is 0 Å². The van der Waals surface area contributed by atoms with Crippen LogP contribution < -0.4 is 10.6 Å². The van der Waals surface area contributed by atoms with E-state index in [1.165, 1.54) is 19.3 Å². The van der Waals surface area contributed by atoms with Crippen LogP contribution in [-0.4, -0.2) is 57.9 Å². The minimum Gasteiger partial charge on any atom is -0.394 e. The normalized spacial score (nSPS) is 22.4. The highest BCUT2D eigenvalue weighted by Crippen LogP contribution is 2.38. The molecule has 0 aromatic carbocycles. The SMILES string of the molecule is CC1(C)c2cnc(NC3CCOCC3)nc2CN1C(=O)N[C@H](CO)C1CCCCC1.S. The Morgan fingerprint density at radius 3 is 2.65 bits per heavy atom. The van der Waals surface area contributed by atoms with Gasteiger partial charge in [0.1, 0.15) is 0 Å². The van der Waals surface area contributed by atoms with Crippen LogP contribution in [0.25, 0.3) is 0 Å². The monoisotopic (exact) mass is 451 g/mol. The highest BCUT2D eigenvalue weighted by molar-refractivity contribution is 7.59. The molecule has 9 heteroatoms. The molecule has 1 atom stereocenters. The maximum absolute atomic E-state index is 13.2. The van der Waals surface area contributed by atoms with Crippen molar-refractivity contribution < 1.29 is 14.6 Å². The lowest BCUT2D eigenvalue weighted by atomic mass is 9.84. The van der Waals surface area contributed by atoms with Gasteiger partial charge in [0.05, 0.1) is 30.4 Å². The summed E-state index contributed by atoms with van der Waals surface area (Å²) in [4.78, 5) is 24.2. The Morgan fingerprint density at radius 1 is 1.26 bits per heavy atom. The van der Waals surface area contributed by atoms with Gasteiger partial charge in [0.15, 0.2) is 0 Å². The fourth-order valence-corrected chi connectivity index (χ4v) is 5.05. The molecule has 3 aliphatic rings. The second kappa shape index (κ2) is 10.4. The highest BCUT2D eigenvalue weighted by Gasteiger charge is 2.42. The summed E-state index contributed by atoms with van der Waals surface area (Å²) in [7, 11) is 0. The van der Waals surface area contributed by atoms with E-state index in [4.69, 9.17) is 9.72 Å². The number of amides is 2. The third-order valence-corrected chi connectivity index (χ3v) is 7.03. The molecule has 2 amide bonds. The predicted octanol–water partition coefficient (Wildman–Crippen LogP) is 2.88. The number of carbonyl (C=O) groups is 1. The summed E-state index contributed by atoms with van der Waals surface area (Å²) in [6.45, 7) is 6.01. The molecule has 31 heavy (non-hydrogen) atoms. The van der Waals surface area contributed by atoms with Crippen LogP contribution in [0.1, 0.15) is 70.1 Å². The van der Waals surface area contributed by atoms with Crippen LogP contribution in [0.5, 0.6) is 0 Å². The number of rotatable bonds is 5. The van der Waals surface area contributed by atoms with E-state index in [0.29, 0.717) is 24.5 Å². The average Bonchev–Trinajstić information content (AvgIpc) is 3.03. The number of hydrogen-bond donors (Lipinski definition) is 3. The van der Waals surface area contributed by atoms with Gasteiger partial charge in [-0.15, -0.1) is 0 Å². The van der Waals surface area contributed by atoms with Crippen molar-refractivity contribution >= 4 is 25.5 Å². The molecule has 3 heterocycles. The van der Waals surface area contributed by atoms with Crippen LogP contribution in [0.3, 0.4) is 0 Å². The first-order chi connectivity index (χ1) is 14.5. The number of aliphatic hydroxyl groups excluding tert-OH is 1. The number of nitrogens with one attached hydrogen (secondary N) is 2. The van der Waals surface area contributed by atoms with Gasteiger partial charge in [-0.1, -0.05) is 19.3 Å². The zero-order valence-corrected chi connectivity index (χ0v) is 19.7. The first kappa shape index (κ1) is 24.1. The number of aliphatic hydroxyl groups is 1. The van der Waals surface area contributed by atoms with E-state index >= 15 is 0 Å². The minimum atomic E-state index is -0.497. The van der Waals surface area contributed by atoms with Gasteiger partial charge in [-0.05, 0) is 45.4 Å². The molecule has 2 fully saturated rings. The van der Waals surface area contributed by atoms with Crippen LogP contribution in [-0.2, 0) is 16.8 Å². The molecule has 1 saturated heterocycles. The van der Waals surface area contributed by atoms with Gasteiger partial charge in [-0.25, -0.2) is 14.8 Å². The molecule has 2 aliphatic heterocycles. The summed E-state index contributed by atoms with van der Waals surface area (Å²) in [6, 6.07) is 0.00197. The lowest BCUT2D eigenvalue weighted by Crippen LogP contribution is -2.52. The number of hydrogen-bond acceptors (Lipinski definition) is 6. The Balaban J connectivity index is 0.00000272. The molecule has 1 saturated carbocycles. The lowest BCUT2D eigenvalue weighted by Gasteiger charge is -2.35. The summed E-state index contributed by atoms with van der Waals surface area (Å²) < 4.78 is 5.41. The molecule has 8 nitrogen and oxygen atoms in total. The molecular formula is C22H37N5O3S.